The highest BCUT2D eigenvalue weighted by Crippen LogP contribution is 2.29. The molecule has 0 fully saturated rings. The molecule has 15 heavy (non-hydrogen) atoms. The molecule has 0 amide bonds. The number of carbonyl (C=O) groups is 1. The van der Waals surface area contributed by atoms with Crippen LogP contribution in [0.25, 0.3) is 0 Å². The summed E-state index contributed by atoms with van der Waals surface area (Å²) in [5, 5.41) is 12.2. The third kappa shape index (κ3) is 1.82. The maximum atomic E-state index is 10.9. The lowest BCUT2D eigenvalue weighted by Gasteiger charge is -2.15. The Hall–Kier alpha value is -1.51. The van der Waals surface area contributed by atoms with E-state index in [0.717, 1.165) is 12.1 Å². The van der Waals surface area contributed by atoms with Crippen molar-refractivity contribution >= 4 is 11.7 Å². The predicted octanol–water partition coefficient (Wildman–Crippen LogP) is 2.05. The zero-order valence-electron chi connectivity index (χ0n) is 8.95. The number of anilines is 1. The second-order valence-corrected chi connectivity index (χ2v) is 4.24. The zero-order chi connectivity index (χ0) is 11.0. The molecule has 2 atom stereocenters. The van der Waals surface area contributed by atoms with Crippen molar-refractivity contribution in [3.8, 4) is 0 Å². The maximum absolute atomic E-state index is 10.9. The minimum atomic E-state index is -0.739. The summed E-state index contributed by atoms with van der Waals surface area (Å²) in [5.74, 6) is -1.09. The SMILES string of the molecule is Cc1ccc2c(c1)CC(C(C)C(=O)O)N2. The molecule has 3 nitrogen and oxygen atoms in total. The van der Waals surface area contributed by atoms with Crippen LogP contribution in [0.3, 0.4) is 0 Å². The molecule has 0 aliphatic carbocycles. The highest BCUT2D eigenvalue weighted by atomic mass is 16.4. The summed E-state index contributed by atoms with van der Waals surface area (Å²) in [6.45, 7) is 3.80. The highest BCUT2D eigenvalue weighted by Gasteiger charge is 2.29. The number of carboxylic acid groups (broad SMARTS) is 1. The fourth-order valence-electron chi connectivity index (χ4n) is 1.99. The number of aryl methyl sites for hydroxylation is 1. The minimum absolute atomic E-state index is 0.0271. The van der Waals surface area contributed by atoms with E-state index in [1.54, 1.807) is 6.92 Å². The molecular weight excluding hydrogens is 190 g/mol. The van der Waals surface area contributed by atoms with E-state index in [2.05, 4.69) is 11.4 Å². The number of aliphatic carboxylic acids is 1. The van der Waals surface area contributed by atoms with Gasteiger partial charge in [-0.2, -0.15) is 0 Å². The van der Waals surface area contributed by atoms with Crippen molar-refractivity contribution in [2.45, 2.75) is 26.3 Å². The summed E-state index contributed by atoms with van der Waals surface area (Å²) in [6, 6.07) is 6.22. The quantitative estimate of drug-likeness (QED) is 0.777. The van der Waals surface area contributed by atoms with Crippen LogP contribution in [0.5, 0.6) is 0 Å². The van der Waals surface area contributed by atoms with Crippen molar-refractivity contribution in [3.05, 3.63) is 29.3 Å². The van der Waals surface area contributed by atoms with Gasteiger partial charge in [0.1, 0.15) is 0 Å². The number of hydrogen-bond acceptors (Lipinski definition) is 2. The van der Waals surface area contributed by atoms with Crippen LogP contribution in [0, 0.1) is 12.8 Å². The first-order valence-electron chi connectivity index (χ1n) is 5.17. The van der Waals surface area contributed by atoms with Crippen molar-refractivity contribution in [3.63, 3.8) is 0 Å². The van der Waals surface area contributed by atoms with Crippen LogP contribution in [0.1, 0.15) is 18.1 Å². The normalized spacial score (nSPS) is 20.5. The lowest BCUT2D eigenvalue weighted by Crippen LogP contribution is -2.30. The lowest BCUT2D eigenvalue weighted by atomic mass is 9.98. The van der Waals surface area contributed by atoms with Gasteiger partial charge in [-0.25, -0.2) is 0 Å². The first kappa shape index (κ1) is 10.0. The van der Waals surface area contributed by atoms with Gasteiger partial charge in [0.15, 0.2) is 0 Å². The van der Waals surface area contributed by atoms with E-state index in [-0.39, 0.29) is 12.0 Å². The minimum Gasteiger partial charge on any atom is -0.481 e. The molecule has 2 unspecified atom stereocenters. The third-order valence-electron chi connectivity index (χ3n) is 3.03. The fourth-order valence-corrected chi connectivity index (χ4v) is 1.99. The average molecular weight is 205 g/mol. The average Bonchev–Trinajstić information content (AvgIpc) is 2.58. The van der Waals surface area contributed by atoms with Crippen LogP contribution in [0.4, 0.5) is 5.69 Å². The van der Waals surface area contributed by atoms with Crippen LogP contribution in [-0.2, 0) is 11.2 Å². The molecule has 80 valence electrons. The van der Waals surface area contributed by atoms with Gasteiger partial charge >= 0.3 is 5.97 Å². The Bertz CT molecular complexity index is 401. The van der Waals surface area contributed by atoms with Crippen LogP contribution in [-0.4, -0.2) is 17.1 Å². The molecule has 0 saturated heterocycles. The maximum Gasteiger partial charge on any atom is 0.308 e. The second-order valence-electron chi connectivity index (χ2n) is 4.24. The largest absolute Gasteiger partial charge is 0.481 e. The molecule has 1 aromatic carbocycles. The first-order valence-corrected chi connectivity index (χ1v) is 5.17. The van der Waals surface area contributed by atoms with E-state index >= 15 is 0 Å². The Morgan fingerprint density at radius 3 is 3.00 bits per heavy atom. The summed E-state index contributed by atoms with van der Waals surface area (Å²) in [5.41, 5.74) is 3.53. The molecule has 0 bridgehead atoms. The van der Waals surface area contributed by atoms with Crippen LogP contribution in [0.15, 0.2) is 18.2 Å². The van der Waals surface area contributed by atoms with Crippen molar-refractivity contribution in [1.29, 1.82) is 0 Å². The van der Waals surface area contributed by atoms with E-state index < -0.39 is 5.97 Å². The summed E-state index contributed by atoms with van der Waals surface area (Å²) >= 11 is 0. The van der Waals surface area contributed by atoms with E-state index in [1.165, 1.54) is 11.1 Å². The van der Waals surface area contributed by atoms with Gasteiger partial charge in [-0.3, -0.25) is 4.79 Å². The third-order valence-corrected chi connectivity index (χ3v) is 3.03. The summed E-state index contributed by atoms with van der Waals surface area (Å²) in [6.07, 6.45) is 0.810. The number of fused-ring (bicyclic) bond motifs is 1. The van der Waals surface area contributed by atoms with Crippen molar-refractivity contribution < 1.29 is 9.90 Å². The predicted molar refractivity (Wildman–Crippen MR) is 59.1 cm³/mol. The molecule has 1 heterocycles. The first-order chi connectivity index (χ1) is 7.08. The Morgan fingerprint density at radius 2 is 2.33 bits per heavy atom. The Kier molecular flexibility index (Phi) is 2.39. The smallest absolute Gasteiger partial charge is 0.308 e. The van der Waals surface area contributed by atoms with Crippen LogP contribution in [0.2, 0.25) is 0 Å². The molecular formula is C12H15NO2. The van der Waals surface area contributed by atoms with Gasteiger partial charge in [0.2, 0.25) is 0 Å². The van der Waals surface area contributed by atoms with Crippen molar-refractivity contribution in [2.75, 3.05) is 5.32 Å². The van der Waals surface area contributed by atoms with Gasteiger partial charge in [-0.05, 0) is 31.9 Å². The number of hydrogen-bond donors (Lipinski definition) is 2. The van der Waals surface area contributed by atoms with Crippen LogP contribution >= 0.6 is 0 Å². The van der Waals surface area contributed by atoms with Gasteiger partial charge in [0.05, 0.1) is 5.92 Å². The molecule has 0 spiro atoms. The monoisotopic (exact) mass is 205 g/mol. The summed E-state index contributed by atoms with van der Waals surface area (Å²) in [7, 11) is 0. The molecule has 2 rings (SSSR count). The summed E-state index contributed by atoms with van der Waals surface area (Å²) < 4.78 is 0. The summed E-state index contributed by atoms with van der Waals surface area (Å²) in [4.78, 5) is 10.9. The second kappa shape index (κ2) is 3.57. The van der Waals surface area contributed by atoms with E-state index in [1.807, 2.05) is 19.1 Å². The van der Waals surface area contributed by atoms with Crippen LogP contribution < -0.4 is 5.32 Å². The number of carboxylic acids is 1. The van der Waals surface area contributed by atoms with Gasteiger partial charge in [0, 0.05) is 11.7 Å². The standard InChI is InChI=1S/C12H15NO2/c1-7-3-4-10-9(5-7)6-11(13-10)8(2)12(14)15/h3-5,8,11,13H,6H2,1-2H3,(H,14,15). The fraction of sp³-hybridized carbons (Fsp3) is 0.417. The number of benzene rings is 1. The molecule has 2 N–H and O–H groups in total. The van der Waals surface area contributed by atoms with Gasteiger partial charge in [-0.15, -0.1) is 0 Å². The Morgan fingerprint density at radius 1 is 1.60 bits per heavy atom. The molecule has 0 saturated carbocycles. The van der Waals surface area contributed by atoms with E-state index in [0.29, 0.717) is 0 Å². The van der Waals surface area contributed by atoms with Gasteiger partial charge in [-0.1, -0.05) is 17.7 Å². The molecule has 1 aliphatic rings. The Balaban J connectivity index is 2.19. The van der Waals surface area contributed by atoms with Gasteiger partial charge < -0.3 is 10.4 Å². The highest BCUT2D eigenvalue weighted by molar-refractivity contribution is 5.72. The Labute approximate surface area is 89.1 Å². The van der Waals surface area contributed by atoms with E-state index in [9.17, 15) is 4.79 Å². The van der Waals surface area contributed by atoms with Crippen molar-refractivity contribution in [2.24, 2.45) is 5.92 Å². The van der Waals surface area contributed by atoms with Gasteiger partial charge in [0.25, 0.3) is 0 Å². The molecule has 3 heteroatoms. The number of nitrogens with one attached hydrogen (secondary N) is 1. The van der Waals surface area contributed by atoms with Crippen molar-refractivity contribution in [1.82, 2.24) is 0 Å². The zero-order valence-corrected chi connectivity index (χ0v) is 8.95. The van der Waals surface area contributed by atoms with E-state index in [4.69, 9.17) is 5.11 Å². The topological polar surface area (TPSA) is 49.3 Å². The molecule has 1 aromatic rings. The number of rotatable bonds is 2. The molecule has 0 aromatic heterocycles. The molecule has 0 radical (unpaired) electrons. The molecule has 1 aliphatic heterocycles. The lowest BCUT2D eigenvalue weighted by molar-refractivity contribution is -0.141.